The Morgan fingerprint density at radius 2 is 2.04 bits per heavy atom. The van der Waals surface area contributed by atoms with Gasteiger partial charge >= 0.3 is 11.8 Å². The minimum Gasteiger partial charge on any atom is -0.334 e. The number of fused-ring (bicyclic) bond motifs is 3. The maximum Gasteiger partial charge on any atom is 0.313 e. The number of hydrogen-bond donors (Lipinski definition) is 1. The molecule has 1 N–H and O–H groups in total. The average Bonchev–Trinajstić information content (AvgIpc) is 3.15. The van der Waals surface area contributed by atoms with Crippen LogP contribution in [-0.2, 0) is 9.59 Å². The van der Waals surface area contributed by atoms with Crippen molar-refractivity contribution < 1.29 is 14.0 Å². The van der Waals surface area contributed by atoms with Crippen LogP contribution in [0.3, 0.4) is 0 Å². The van der Waals surface area contributed by atoms with E-state index in [-0.39, 0.29) is 0 Å². The Labute approximate surface area is 147 Å². The third-order valence-corrected chi connectivity index (χ3v) is 6.05. The van der Waals surface area contributed by atoms with E-state index < -0.39 is 17.6 Å². The van der Waals surface area contributed by atoms with Crippen LogP contribution in [0.4, 0.5) is 10.1 Å². The van der Waals surface area contributed by atoms with Gasteiger partial charge in [0, 0.05) is 31.4 Å². The van der Waals surface area contributed by atoms with Gasteiger partial charge in [0.1, 0.15) is 5.82 Å². The zero-order valence-corrected chi connectivity index (χ0v) is 14.5. The second-order valence-electron chi connectivity index (χ2n) is 7.61. The zero-order chi connectivity index (χ0) is 17.6. The van der Waals surface area contributed by atoms with E-state index in [1.54, 1.807) is 17.9 Å². The van der Waals surface area contributed by atoms with Crippen LogP contribution in [0.25, 0.3) is 0 Å². The van der Waals surface area contributed by atoms with E-state index in [4.69, 9.17) is 0 Å². The topological polar surface area (TPSA) is 52.7 Å². The summed E-state index contributed by atoms with van der Waals surface area (Å²) >= 11 is 0. The van der Waals surface area contributed by atoms with Gasteiger partial charge in [0.25, 0.3) is 0 Å². The molecule has 0 aromatic heterocycles. The van der Waals surface area contributed by atoms with Crippen molar-refractivity contribution in [2.24, 2.45) is 11.8 Å². The molecule has 4 rings (SSSR count). The molecule has 0 aliphatic carbocycles. The van der Waals surface area contributed by atoms with E-state index >= 15 is 0 Å². The molecule has 0 radical (unpaired) electrons. The molecule has 6 heteroatoms. The molecule has 3 atom stereocenters. The summed E-state index contributed by atoms with van der Waals surface area (Å²) in [5.41, 5.74) is 1.09. The number of anilines is 1. The van der Waals surface area contributed by atoms with Gasteiger partial charge in [-0.05, 0) is 55.8 Å². The third kappa shape index (κ3) is 3.03. The van der Waals surface area contributed by atoms with Gasteiger partial charge in [0.2, 0.25) is 0 Å². The Morgan fingerprint density at radius 1 is 1.20 bits per heavy atom. The number of rotatable bonds is 1. The summed E-state index contributed by atoms with van der Waals surface area (Å²) in [5, 5.41) is 2.57. The smallest absolute Gasteiger partial charge is 0.313 e. The summed E-state index contributed by atoms with van der Waals surface area (Å²) < 4.78 is 13.4. The molecule has 3 fully saturated rings. The first-order valence-electron chi connectivity index (χ1n) is 9.13. The molecule has 1 aromatic carbocycles. The molecule has 0 unspecified atom stereocenters. The normalized spacial score (nSPS) is 28.6. The van der Waals surface area contributed by atoms with Gasteiger partial charge in [-0.15, -0.1) is 0 Å². The molecule has 2 amide bonds. The largest absolute Gasteiger partial charge is 0.334 e. The maximum atomic E-state index is 13.4. The fourth-order valence-corrected chi connectivity index (χ4v) is 4.77. The highest BCUT2D eigenvalue weighted by Gasteiger charge is 2.48. The number of amides is 2. The Balaban J connectivity index is 1.40. The quantitative estimate of drug-likeness (QED) is 0.792. The first-order valence-corrected chi connectivity index (χ1v) is 9.13. The number of halogens is 1. The van der Waals surface area contributed by atoms with Gasteiger partial charge in [-0.25, -0.2) is 4.39 Å². The van der Waals surface area contributed by atoms with E-state index in [2.05, 4.69) is 10.2 Å². The molecule has 3 aliphatic heterocycles. The number of nitrogens with one attached hydrogen (secondary N) is 1. The van der Waals surface area contributed by atoms with Crippen molar-refractivity contribution in [3.8, 4) is 0 Å². The van der Waals surface area contributed by atoms with Crippen LogP contribution >= 0.6 is 0 Å². The number of carbonyl (C=O) groups is 2. The number of aryl methyl sites for hydroxylation is 1. The van der Waals surface area contributed by atoms with Crippen LogP contribution in [0.1, 0.15) is 24.8 Å². The maximum absolute atomic E-state index is 13.4. The number of carbonyl (C=O) groups excluding carboxylic acids is 2. The number of nitrogens with zero attached hydrogens (tertiary/aromatic N) is 2. The SMILES string of the molecule is Cc1ccc(F)cc1NC(=O)C(=O)N1C[C@@H]2CN3CCCC[C@H]3[C@H]2C1. The second-order valence-corrected chi connectivity index (χ2v) is 7.61. The molecular formula is C19H24FN3O2. The lowest BCUT2D eigenvalue weighted by atomic mass is 9.90. The fourth-order valence-electron chi connectivity index (χ4n) is 4.77. The highest BCUT2D eigenvalue weighted by Crippen LogP contribution is 2.40. The van der Waals surface area contributed by atoms with E-state index in [0.29, 0.717) is 36.7 Å². The molecule has 0 saturated carbocycles. The molecule has 25 heavy (non-hydrogen) atoms. The van der Waals surface area contributed by atoms with Gasteiger partial charge in [-0.1, -0.05) is 12.5 Å². The van der Waals surface area contributed by atoms with E-state index in [1.165, 1.54) is 37.9 Å². The average molecular weight is 345 g/mol. The van der Waals surface area contributed by atoms with Crippen LogP contribution in [0.15, 0.2) is 18.2 Å². The van der Waals surface area contributed by atoms with Gasteiger partial charge < -0.3 is 10.2 Å². The summed E-state index contributed by atoms with van der Waals surface area (Å²) in [6.45, 7) is 5.32. The standard InChI is InChI=1S/C19H24FN3O2/c1-12-5-6-14(20)8-16(12)21-18(24)19(25)23-10-13-9-22-7-3-2-4-17(22)15(13)11-23/h5-6,8,13,15,17H,2-4,7,9-11H2,1H3,(H,21,24)/t13-,15-,17-/m0/s1. The molecule has 1 aromatic rings. The number of piperidine rings is 1. The first-order chi connectivity index (χ1) is 12.0. The Bertz CT molecular complexity index is 708. The molecule has 3 saturated heterocycles. The first kappa shape index (κ1) is 16.5. The molecule has 5 nitrogen and oxygen atoms in total. The molecule has 0 spiro atoms. The highest BCUT2D eigenvalue weighted by atomic mass is 19.1. The monoisotopic (exact) mass is 345 g/mol. The lowest BCUT2D eigenvalue weighted by Gasteiger charge is -2.33. The van der Waals surface area contributed by atoms with Crippen molar-refractivity contribution in [3.05, 3.63) is 29.6 Å². The minimum atomic E-state index is -0.672. The second kappa shape index (κ2) is 6.41. The van der Waals surface area contributed by atoms with Crippen LogP contribution in [0.2, 0.25) is 0 Å². The number of likely N-dealkylation sites (tertiary alicyclic amines) is 1. The van der Waals surface area contributed by atoms with Crippen molar-refractivity contribution in [3.63, 3.8) is 0 Å². The fraction of sp³-hybridized carbons (Fsp3) is 0.579. The van der Waals surface area contributed by atoms with Gasteiger partial charge in [0.15, 0.2) is 0 Å². The molecule has 3 heterocycles. The summed E-state index contributed by atoms with van der Waals surface area (Å²) in [4.78, 5) is 29.1. The van der Waals surface area contributed by atoms with Crippen molar-refractivity contribution in [2.75, 3.05) is 31.5 Å². The van der Waals surface area contributed by atoms with Crippen LogP contribution in [0, 0.1) is 24.6 Å². The molecule has 134 valence electrons. The lowest BCUT2D eigenvalue weighted by Crippen LogP contribution is -2.43. The van der Waals surface area contributed by atoms with Crippen molar-refractivity contribution >= 4 is 17.5 Å². The number of hydrogen-bond acceptors (Lipinski definition) is 3. The van der Waals surface area contributed by atoms with Crippen molar-refractivity contribution in [2.45, 2.75) is 32.2 Å². The van der Waals surface area contributed by atoms with Gasteiger partial charge in [0.05, 0.1) is 0 Å². The van der Waals surface area contributed by atoms with Crippen molar-refractivity contribution in [1.82, 2.24) is 9.80 Å². The zero-order valence-electron chi connectivity index (χ0n) is 14.5. The Hall–Kier alpha value is -1.95. The minimum absolute atomic E-state index is 0.358. The Morgan fingerprint density at radius 3 is 2.88 bits per heavy atom. The van der Waals surface area contributed by atoms with Gasteiger partial charge in [-0.2, -0.15) is 0 Å². The molecule has 0 bridgehead atoms. The van der Waals surface area contributed by atoms with Gasteiger partial charge in [-0.3, -0.25) is 14.5 Å². The summed E-state index contributed by atoms with van der Waals surface area (Å²) in [5.74, 6) is -0.625. The van der Waals surface area contributed by atoms with Crippen LogP contribution in [-0.4, -0.2) is 53.8 Å². The van der Waals surface area contributed by atoms with Crippen LogP contribution < -0.4 is 5.32 Å². The number of benzene rings is 1. The van der Waals surface area contributed by atoms with Crippen LogP contribution in [0.5, 0.6) is 0 Å². The Kier molecular flexibility index (Phi) is 4.23. The highest BCUT2D eigenvalue weighted by molar-refractivity contribution is 6.39. The summed E-state index contributed by atoms with van der Waals surface area (Å²) in [7, 11) is 0. The van der Waals surface area contributed by atoms with Crippen molar-refractivity contribution in [1.29, 1.82) is 0 Å². The summed E-state index contributed by atoms with van der Waals surface area (Å²) in [6.07, 6.45) is 3.74. The van der Waals surface area contributed by atoms with E-state index in [0.717, 1.165) is 12.1 Å². The molecule has 3 aliphatic rings. The molecular weight excluding hydrogens is 321 g/mol. The van der Waals surface area contributed by atoms with E-state index in [9.17, 15) is 14.0 Å². The predicted molar refractivity (Wildman–Crippen MR) is 92.5 cm³/mol. The predicted octanol–water partition coefficient (Wildman–Crippen LogP) is 2.02. The lowest BCUT2D eigenvalue weighted by molar-refractivity contribution is -0.142. The third-order valence-electron chi connectivity index (χ3n) is 6.05. The van der Waals surface area contributed by atoms with E-state index in [1.807, 2.05) is 0 Å². The summed E-state index contributed by atoms with van der Waals surface area (Å²) in [6, 6.07) is 4.75.